The number of ether oxygens (including phenoxy) is 1. The van der Waals surface area contributed by atoms with E-state index < -0.39 is 0 Å². The number of allylic oxidation sites excluding steroid dienone is 1. The number of halogens is 3. The van der Waals surface area contributed by atoms with Gasteiger partial charge < -0.3 is 4.74 Å². The van der Waals surface area contributed by atoms with Gasteiger partial charge in [-0.1, -0.05) is 70.8 Å². The molecule has 33 heavy (non-hydrogen) atoms. The average Bonchev–Trinajstić information content (AvgIpc) is 3.42. The lowest BCUT2D eigenvalue weighted by Crippen LogP contribution is -2.12. The minimum absolute atomic E-state index is 0.378. The van der Waals surface area contributed by atoms with Gasteiger partial charge >= 0.3 is 0 Å². The molecule has 0 radical (unpaired) electrons. The molecule has 2 aromatic heterocycles. The number of hydrogen-bond donors (Lipinski definition) is 0. The topological polar surface area (TPSA) is 52.8 Å². The number of benzene rings is 2. The first-order chi connectivity index (χ1) is 16.0. The maximum atomic E-state index is 6.31. The van der Waals surface area contributed by atoms with Crippen molar-refractivity contribution in [3.05, 3.63) is 87.1 Å². The van der Waals surface area contributed by atoms with Crippen LogP contribution in [0, 0.1) is 0 Å². The summed E-state index contributed by atoms with van der Waals surface area (Å²) < 4.78 is 8.01. The summed E-state index contributed by atoms with van der Waals surface area (Å²) in [6.45, 7) is 6.32. The van der Waals surface area contributed by atoms with Crippen molar-refractivity contribution in [2.75, 3.05) is 0 Å². The van der Waals surface area contributed by atoms with Gasteiger partial charge in [0, 0.05) is 28.3 Å². The zero-order chi connectivity index (χ0) is 23.4. The molecule has 4 rings (SSSR count). The molecular formula is C23H19Cl3N4OS2. The fourth-order valence-corrected chi connectivity index (χ4v) is 5.64. The summed E-state index contributed by atoms with van der Waals surface area (Å²) in [5.74, 6) is 1.86. The Bertz CT molecular complexity index is 1270. The minimum atomic E-state index is -0.378. The third kappa shape index (κ3) is 5.73. The molecule has 1 unspecified atom stereocenters. The Hall–Kier alpha value is -2.03. The van der Waals surface area contributed by atoms with Gasteiger partial charge in [0.05, 0.1) is 15.7 Å². The molecule has 1 atom stereocenters. The summed E-state index contributed by atoms with van der Waals surface area (Å²) in [6.07, 6.45) is 1.42. The Balaban J connectivity index is 1.49. The van der Waals surface area contributed by atoms with E-state index in [2.05, 4.69) is 16.8 Å². The van der Waals surface area contributed by atoms with Crippen molar-refractivity contribution in [1.82, 2.24) is 19.7 Å². The van der Waals surface area contributed by atoms with Crippen molar-refractivity contribution in [3.8, 4) is 16.3 Å². The largest absolute Gasteiger partial charge is 0.481 e. The molecule has 0 aliphatic carbocycles. The first kappa shape index (κ1) is 24.1. The highest BCUT2D eigenvalue weighted by molar-refractivity contribution is 7.98. The quantitative estimate of drug-likeness (QED) is 0.160. The standard InChI is InChI=1S/C23H19Cl3N4OS2/c1-3-10-30-21(14(2)31-20-9-8-15(24)11-19(20)26)28-29-23(30)33-13-16-12-32-22(27-16)17-6-4-5-7-18(17)25/h3-9,11-12,14H,1,10,13H2,2H3. The van der Waals surface area contributed by atoms with Gasteiger partial charge in [-0.3, -0.25) is 4.57 Å². The third-order valence-corrected chi connectivity index (χ3v) is 7.41. The molecule has 5 nitrogen and oxygen atoms in total. The van der Waals surface area contributed by atoms with E-state index in [0.29, 0.717) is 38.9 Å². The number of hydrogen-bond acceptors (Lipinski definition) is 6. The Morgan fingerprint density at radius 3 is 2.73 bits per heavy atom. The minimum Gasteiger partial charge on any atom is -0.481 e. The molecule has 0 saturated carbocycles. The van der Waals surface area contributed by atoms with Crippen LogP contribution >= 0.6 is 57.9 Å². The van der Waals surface area contributed by atoms with Crippen LogP contribution in [-0.4, -0.2) is 19.7 Å². The second-order valence-electron chi connectivity index (χ2n) is 6.99. The smallest absolute Gasteiger partial charge is 0.192 e. The molecule has 0 saturated heterocycles. The fraction of sp³-hybridized carbons (Fsp3) is 0.174. The summed E-state index contributed by atoms with van der Waals surface area (Å²) in [6, 6.07) is 12.8. The van der Waals surface area contributed by atoms with Gasteiger partial charge in [-0.2, -0.15) is 0 Å². The van der Waals surface area contributed by atoms with E-state index in [-0.39, 0.29) is 6.10 Å². The molecule has 2 heterocycles. The summed E-state index contributed by atoms with van der Waals surface area (Å²) in [4.78, 5) is 4.73. The van der Waals surface area contributed by atoms with E-state index in [1.807, 2.05) is 41.1 Å². The van der Waals surface area contributed by atoms with Crippen LogP contribution in [0.15, 0.2) is 65.7 Å². The van der Waals surface area contributed by atoms with E-state index in [1.54, 1.807) is 47.4 Å². The van der Waals surface area contributed by atoms with E-state index >= 15 is 0 Å². The maximum Gasteiger partial charge on any atom is 0.192 e. The number of thioether (sulfide) groups is 1. The lowest BCUT2D eigenvalue weighted by Gasteiger charge is -2.16. The SMILES string of the molecule is C=CCn1c(SCc2csc(-c3ccccc3Cl)n2)nnc1C(C)Oc1ccc(Cl)cc1Cl. The van der Waals surface area contributed by atoms with Gasteiger partial charge in [0.2, 0.25) is 0 Å². The highest BCUT2D eigenvalue weighted by atomic mass is 35.5. The van der Waals surface area contributed by atoms with Gasteiger partial charge in [0.1, 0.15) is 10.8 Å². The second-order valence-corrected chi connectivity index (χ2v) is 10.0. The highest BCUT2D eigenvalue weighted by Gasteiger charge is 2.20. The first-order valence-electron chi connectivity index (χ1n) is 9.94. The predicted octanol–water partition coefficient (Wildman–Crippen LogP) is 7.98. The summed E-state index contributed by atoms with van der Waals surface area (Å²) in [5.41, 5.74) is 1.89. The third-order valence-electron chi connectivity index (χ3n) is 4.62. The lowest BCUT2D eigenvalue weighted by molar-refractivity contribution is 0.210. The molecule has 0 N–H and O–H groups in total. The van der Waals surface area contributed by atoms with Gasteiger partial charge in [-0.25, -0.2) is 4.98 Å². The van der Waals surface area contributed by atoms with Crippen LogP contribution in [0.3, 0.4) is 0 Å². The highest BCUT2D eigenvalue weighted by Crippen LogP contribution is 2.34. The van der Waals surface area contributed by atoms with Crippen LogP contribution in [0.5, 0.6) is 5.75 Å². The fourth-order valence-electron chi connectivity index (χ4n) is 3.09. The van der Waals surface area contributed by atoms with Crippen molar-refractivity contribution in [2.24, 2.45) is 0 Å². The van der Waals surface area contributed by atoms with Crippen LogP contribution in [0.2, 0.25) is 15.1 Å². The second kappa shape index (κ2) is 10.9. The molecule has 2 aromatic carbocycles. The van der Waals surface area contributed by atoms with Gasteiger partial charge in [0.15, 0.2) is 17.1 Å². The molecule has 0 bridgehead atoms. The molecule has 0 amide bonds. The van der Waals surface area contributed by atoms with Crippen molar-refractivity contribution in [3.63, 3.8) is 0 Å². The molecule has 0 aliphatic heterocycles. The molecule has 0 fully saturated rings. The summed E-state index contributed by atoms with van der Waals surface area (Å²) in [5, 5.41) is 14.1. The lowest BCUT2D eigenvalue weighted by atomic mass is 10.2. The Kier molecular flexibility index (Phi) is 7.98. The molecule has 4 aromatic rings. The Labute approximate surface area is 215 Å². The summed E-state index contributed by atoms with van der Waals surface area (Å²) >= 11 is 21.7. The van der Waals surface area contributed by atoms with Crippen molar-refractivity contribution < 1.29 is 4.74 Å². The van der Waals surface area contributed by atoms with E-state index in [1.165, 1.54) is 0 Å². The Morgan fingerprint density at radius 1 is 1.15 bits per heavy atom. The zero-order valence-corrected chi connectivity index (χ0v) is 21.4. The molecule has 0 aliphatic rings. The molecule has 10 heteroatoms. The number of nitrogens with zero attached hydrogens (tertiary/aromatic N) is 4. The molecular weight excluding hydrogens is 519 g/mol. The van der Waals surface area contributed by atoms with Crippen LogP contribution < -0.4 is 4.74 Å². The van der Waals surface area contributed by atoms with Gasteiger partial charge in [-0.15, -0.1) is 28.1 Å². The van der Waals surface area contributed by atoms with Crippen LogP contribution in [-0.2, 0) is 12.3 Å². The molecule has 170 valence electrons. The van der Waals surface area contributed by atoms with Crippen LogP contribution in [0.4, 0.5) is 0 Å². The summed E-state index contributed by atoms with van der Waals surface area (Å²) in [7, 11) is 0. The van der Waals surface area contributed by atoms with Crippen LogP contribution in [0.1, 0.15) is 24.5 Å². The first-order valence-corrected chi connectivity index (χ1v) is 12.9. The van der Waals surface area contributed by atoms with Crippen molar-refractivity contribution in [2.45, 2.75) is 30.5 Å². The van der Waals surface area contributed by atoms with E-state index in [9.17, 15) is 0 Å². The van der Waals surface area contributed by atoms with E-state index in [0.717, 1.165) is 21.4 Å². The zero-order valence-electron chi connectivity index (χ0n) is 17.5. The number of rotatable bonds is 9. The maximum absolute atomic E-state index is 6.31. The van der Waals surface area contributed by atoms with Gasteiger partial charge in [0.25, 0.3) is 0 Å². The van der Waals surface area contributed by atoms with Gasteiger partial charge in [-0.05, 0) is 31.2 Å². The van der Waals surface area contributed by atoms with Crippen molar-refractivity contribution in [1.29, 1.82) is 0 Å². The van der Waals surface area contributed by atoms with Crippen molar-refractivity contribution >= 4 is 57.9 Å². The number of aromatic nitrogens is 4. The normalized spacial score (nSPS) is 12.0. The van der Waals surface area contributed by atoms with Crippen LogP contribution in [0.25, 0.3) is 10.6 Å². The number of thiazole rings is 1. The Morgan fingerprint density at radius 2 is 1.97 bits per heavy atom. The van der Waals surface area contributed by atoms with E-state index in [4.69, 9.17) is 44.5 Å². The molecule has 0 spiro atoms. The predicted molar refractivity (Wildman–Crippen MR) is 138 cm³/mol. The average molecular weight is 538 g/mol. The monoisotopic (exact) mass is 536 g/mol.